The Labute approximate surface area is 227 Å². The smallest absolute Gasteiger partial charge is 0.135 e. The van der Waals surface area contributed by atoms with Crippen molar-refractivity contribution in [2.75, 3.05) is 0 Å². The average Bonchev–Trinajstić information content (AvgIpc) is 3.33. The first kappa shape index (κ1) is 22.4. The van der Waals surface area contributed by atoms with E-state index in [2.05, 4.69) is 124 Å². The van der Waals surface area contributed by atoms with Crippen LogP contribution in [0.25, 0.3) is 76.5 Å². The summed E-state index contributed by atoms with van der Waals surface area (Å²) in [5.41, 5.74) is 8.28. The van der Waals surface area contributed by atoms with Crippen LogP contribution in [0.3, 0.4) is 0 Å². The molecule has 8 aromatic rings. The lowest BCUT2D eigenvalue weighted by atomic mass is 9.81. The van der Waals surface area contributed by atoms with Crippen LogP contribution in [0.5, 0.6) is 0 Å². The highest BCUT2D eigenvalue weighted by atomic mass is 16.3. The lowest BCUT2D eigenvalue weighted by Crippen LogP contribution is -2.10. The molecule has 39 heavy (non-hydrogen) atoms. The standard InChI is InChI=1S/C38H28O/c1-38(2,3)27-19-25-13-16-29-31(23-9-5-4-6-10-23)22-32(30-17-14-26(20-27)36(25)37(29)30)24-15-18-35-33(21-24)28-11-7-8-12-34(28)39-35/h4-22H,1-3H3. The van der Waals surface area contributed by atoms with Gasteiger partial charge in [-0.05, 0) is 89.8 Å². The van der Waals surface area contributed by atoms with Crippen LogP contribution < -0.4 is 0 Å². The lowest BCUT2D eigenvalue weighted by Gasteiger charge is -2.23. The molecule has 186 valence electrons. The van der Waals surface area contributed by atoms with Gasteiger partial charge in [-0.15, -0.1) is 0 Å². The molecule has 7 aromatic carbocycles. The van der Waals surface area contributed by atoms with Gasteiger partial charge < -0.3 is 4.42 Å². The molecule has 0 fully saturated rings. The van der Waals surface area contributed by atoms with E-state index in [1.807, 2.05) is 12.1 Å². The molecule has 0 N–H and O–H groups in total. The van der Waals surface area contributed by atoms with E-state index < -0.39 is 0 Å². The van der Waals surface area contributed by atoms with Gasteiger partial charge in [0.05, 0.1) is 0 Å². The number of fused-ring (bicyclic) bond motifs is 3. The van der Waals surface area contributed by atoms with E-state index in [0.717, 1.165) is 21.9 Å². The Balaban J connectivity index is 1.51. The van der Waals surface area contributed by atoms with Crippen molar-refractivity contribution in [1.82, 2.24) is 0 Å². The zero-order valence-electron chi connectivity index (χ0n) is 22.4. The SMILES string of the molecule is CC(C)(C)c1cc2ccc3c(-c4ccccc4)cc(-c4ccc5oc6ccccc6c5c4)c4ccc(c1)c2c34. The fourth-order valence-electron chi connectivity index (χ4n) is 6.34. The third kappa shape index (κ3) is 3.33. The Hall–Kier alpha value is -4.62. The van der Waals surface area contributed by atoms with Crippen molar-refractivity contribution in [3.8, 4) is 22.3 Å². The molecule has 0 atom stereocenters. The van der Waals surface area contributed by atoms with Crippen LogP contribution >= 0.6 is 0 Å². The predicted molar refractivity (Wildman–Crippen MR) is 167 cm³/mol. The first-order valence-corrected chi connectivity index (χ1v) is 13.7. The fraction of sp³-hybridized carbons (Fsp3) is 0.105. The van der Waals surface area contributed by atoms with E-state index in [9.17, 15) is 0 Å². The van der Waals surface area contributed by atoms with Gasteiger partial charge in [-0.25, -0.2) is 0 Å². The zero-order valence-corrected chi connectivity index (χ0v) is 22.4. The van der Waals surface area contributed by atoms with Crippen LogP contribution in [0.15, 0.2) is 120 Å². The summed E-state index contributed by atoms with van der Waals surface area (Å²) in [5.74, 6) is 0. The fourth-order valence-corrected chi connectivity index (χ4v) is 6.34. The minimum absolute atomic E-state index is 0.0909. The number of furan rings is 1. The van der Waals surface area contributed by atoms with Crippen molar-refractivity contribution in [2.24, 2.45) is 0 Å². The van der Waals surface area contributed by atoms with Gasteiger partial charge in [-0.3, -0.25) is 0 Å². The molecule has 1 aromatic heterocycles. The van der Waals surface area contributed by atoms with Crippen molar-refractivity contribution in [3.63, 3.8) is 0 Å². The molecule has 0 spiro atoms. The number of para-hydroxylation sites is 1. The highest BCUT2D eigenvalue weighted by Crippen LogP contribution is 2.45. The van der Waals surface area contributed by atoms with Crippen LogP contribution in [0.4, 0.5) is 0 Å². The van der Waals surface area contributed by atoms with Crippen molar-refractivity contribution < 1.29 is 4.42 Å². The summed E-state index contributed by atoms with van der Waals surface area (Å²) in [6.45, 7) is 6.88. The third-order valence-corrected chi connectivity index (χ3v) is 8.35. The van der Waals surface area contributed by atoms with Gasteiger partial charge in [0.2, 0.25) is 0 Å². The molecular weight excluding hydrogens is 472 g/mol. The minimum Gasteiger partial charge on any atom is -0.456 e. The van der Waals surface area contributed by atoms with E-state index in [-0.39, 0.29) is 5.41 Å². The average molecular weight is 501 g/mol. The number of rotatable bonds is 2. The largest absolute Gasteiger partial charge is 0.456 e. The van der Waals surface area contributed by atoms with Crippen LogP contribution in [-0.2, 0) is 5.41 Å². The molecule has 0 saturated heterocycles. The van der Waals surface area contributed by atoms with E-state index in [1.165, 1.54) is 60.1 Å². The van der Waals surface area contributed by atoms with E-state index >= 15 is 0 Å². The molecule has 0 amide bonds. The highest BCUT2D eigenvalue weighted by molar-refractivity contribution is 6.28. The van der Waals surface area contributed by atoms with Crippen molar-refractivity contribution in [3.05, 3.63) is 121 Å². The summed E-state index contributed by atoms with van der Waals surface area (Å²) < 4.78 is 6.15. The number of hydrogen-bond acceptors (Lipinski definition) is 1. The maximum atomic E-state index is 6.15. The molecule has 1 nitrogen and oxygen atoms in total. The van der Waals surface area contributed by atoms with Gasteiger partial charge in [0, 0.05) is 10.8 Å². The van der Waals surface area contributed by atoms with Crippen molar-refractivity contribution in [2.45, 2.75) is 26.2 Å². The minimum atomic E-state index is 0.0909. The van der Waals surface area contributed by atoms with Gasteiger partial charge in [0.25, 0.3) is 0 Å². The predicted octanol–water partition coefficient (Wildman–Crippen LogP) is 11.1. The van der Waals surface area contributed by atoms with Gasteiger partial charge in [-0.1, -0.05) is 112 Å². The van der Waals surface area contributed by atoms with Crippen molar-refractivity contribution >= 4 is 54.3 Å². The van der Waals surface area contributed by atoms with E-state index in [4.69, 9.17) is 4.42 Å². The maximum absolute atomic E-state index is 6.15. The Kier molecular flexibility index (Phi) is 4.56. The zero-order chi connectivity index (χ0) is 26.3. The summed E-state index contributed by atoms with van der Waals surface area (Å²) in [7, 11) is 0. The summed E-state index contributed by atoms with van der Waals surface area (Å²) in [6.07, 6.45) is 0. The van der Waals surface area contributed by atoms with Crippen LogP contribution in [0, 0.1) is 0 Å². The second kappa shape index (κ2) is 7.94. The molecule has 0 aliphatic carbocycles. The summed E-state index contributed by atoms with van der Waals surface area (Å²) in [6, 6.07) is 42.2. The molecule has 0 bridgehead atoms. The summed E-state index contributed by atoms with van der Waals surface area (Å²) in [4.78, 5) is 0. The quantitative estimate of drug-likeness (QED) is 0.215. The first-order valence-electron chi connectivity index (χ1n) is 13.7. The van der Waals surface area contributed by atoms with Gasteiger partial charge >= 0.3 is 0 Å². The molecular formula is C38H28O. The first-order chi connectivity index (χ1) is 19.0. The van der Waals surface area contributed by atoms with Gasteiger partial charge in [0.1, 0.15) is 11.2 Å². The Morgan fingerprint density at radius 3 is 1.82 bits per heavy atom. The molecule has 8 rings (SSSR count). The Morgan fingerprint density at radius 1 is 0.462 bits per heavy atom. The number of benzene rings is 7. The van der Waals surface area contributed by atoms with Crippen LogP contribution in [0.1, 0.15) is 26.3 Å². The lowest BCUT2D eigenvalue weighted by molar-refractivity contribution is 0.591. The monoisotopic (exact) mass is 500 g/mol. The normalized spacial score (nSPS) is 12.5. The van der Waals surface area contributed by atoms with Crippen LogP contribution in [-0.4, -0.2) is 0 Å². The second-order valence-electron chi connectivity index (χ2n) is 11.8. The highest BCUT2D eigenvalue weighted by Gasteiger charge is 2.20. The molecule has 0 aliphatic rings. The molecule has 1 heteroatoms. The topological polar surface area (TPSA) is 13.1 Å². The Bertz CT molecular complexity index is 2170. The Morgan fingerprint density at radius 2 is 1.10 bits per heavy atom. The third-order valence-electron chi connectivity index (χ3n) is 8.35. The van der Waals surface area contributed by atoms with E-state index in [1.54, 1.807) is 0 Å². The molecule has 0 unspecified atom stereocenters. The molecule has 0 saturated carbocycles. The van der Waals surface area contributed by atoms with Gasteiger partial charge in [-0.2, -0.15) is 0 Å². The number of hydrogen-bond donors (Lipinski definition) is 0. The molecule has 0 aliphatic heterocycles. The molecule has 1 heterocycles. The van der Waals surface area contributed by atoms with Gasteiger partial charge in [0.15, 0.2) is 0 Å². The molecule has 0 radical (unpaired) electrons. The maximum Gasteiger partial charge on any atom is 0.135 e. The summed E-state index contributed by atoms with van der Waals surface area (Å²) in [5, 5.41) is 10.2. The van der Waals surface area contributed by atoms with E-state index in [0.29, 0.717) is 0 Å². The van der Waals surface area contributed by atoms with Crippen molar-refractivity contribution in [1.29, 1.82) is 0 Å². The second-order valence-corrected chi connectivity index (χ2v) is 11.8. The van der Waals surface area contributed by atoms with Crippen LogP contribution in [0.2, 0.25) is 0 Å². The summed E-state index contributed by atoms with van der Waals surface area (Å²) >= 11 is 0.